The second-order valence-corrected chi connectivity index (χ2v) is 8.60. The molecule has 0 bridgehead atoms. The number of carbonyl (C=O) groups excluding carboxylic acids is 1. The lowest BCUT2D eigenvalue weighted by Gasteiger charge is -2.31. The maximum absolute atomic E-state index is 12.7. The molecule has 6 heteroatoms. The van der Waals surface area contributed by atoms with Gasteiger partial charge in [-0.1, -0.05) is 19.9 Å². The number of aryl methyl sites for hydroxylation is 1. The van der Waals surface area contributed by atoms with Crippen molar-refractivity contribution in [3.63, 3.8) is 0 Å². The van der Waals surface area contributed by atoms with Crippen LogP contribution in [0.25, 0.3) is 0 Å². The van der Waals surface area contributed by atoms with Gasteiger partial charge in [-0.15, -0.1) is 0 Å². The van der Waals surface area contributed by atoms with Crippen LogP contribution in [0.15, 0.2) is 30.3 Å². The van der Waals surface area contributed by atoms with Gasteiger partial charge in [-0.3, -0.25) is 9.69 Å². The number of nitrogens with zero attached hydrogens (tertiary/aromatic N) is 1. The molecule has 0 saturated carbocycles. The predicted octanol–water partition coefficient (Wildman–Crippen LogP) is 4.40. The molecule has 0 radical (unpaired) electrons. The Bertz CT molecular complexity index is 933. The number of amides is 1. The van der Waals surface area contributed by atoms with Crippen LogP contribution in [0.1, 0.15) is 49.3 Å². The molecule has 2 aliphatic heterocycles. The molecule has 1 saturated heterocycles. The number of aromatic hydroxyl groups is 1. The second-order valence-electron chi connectivity index (χ2n) is 8.60. The van der Waals surface area contributed by atoms with Gasteiger partial charge in [-0.25, -0.2) is 0 Å². The summed E-state index contributed by atoms with van der Waals surface area (Å²) in [6, 6.07) is 9.47. The third-order valence-electron chi connectivity index (χ3n) is 6.08. The number of hydrogen-bond acceptors (Lipinski definition) is 5. The summed E-state index contributed by atoms with van der Waals surface area (Å²) in [6.07, 6.45) is 1.61. The first kappa shape index (κ1) is 20.5. The minimum atomic E-state index is -0.00971. The van der Waals surface area contributed by atoms with E-state index in [4.69, 9.17) is 9.47 Å². The number of carbonyl (C=O) groups is 1. The van der Waals surface area contributed by atoms with Gasteiger partial charge in [0.05, 0.1) is 0 Å². The molecule has 2 heterocycles. The molecule has 0 unspecified atom stereocenters. The monoisotopic (exact) mass is 410 g/mol. The predicted molar refractivity (Wildman–Crippen MR) is 116 cm³/mol. The van der Waals surface area contributed by atoms with Crippen LogP contribution in [0.5, 0.6) is 17.2 Å². The molecule has 0 atom stereocenters. The Morgan fingerprint density at radius 1 is 1.17 bits per heavy atom. The highest BCUT2D eigenvalue weighted by atomic mass is 16.7. The van der Waals surface area contributed by atoms with Crippen molar-refractivity contribution in [1.82, 2.24) is 4.90 Å². The van der Waals surface area contributed by atoms with E-state index in [1.165, 1.54) is 5.56 Å². The number of fused-ring (bicyclic) bond motifs is 1. The number of likely N-dealkylation sites (tertiary alicyclic amines) is 1. The number of phenolic OH excluding ortho intramolecular Hbond substituents is 1. The second kappa shape index (κ2) is 8.56. The first-order valence-corrected chi connectivity index (χ1v) is 10.7. The van der Waals surface area contributed by atoms with Gasteiger partial charge in [0, 0.05) is 29.8 Å². The van der Waals surface area contributed by atoms with Crippen molar-refractivity contribution in [3.05, 3.63) is 47.0 Å². The van der Waals surface area contributed by atoms with Crippen LogP contribution in [0, 0.1) is 12.8 Å². The van der Waals surface area contributed by atoms with Crippen LogP contribution >= 0.6 is 0 Å². The van der Waals surface area contributed by atoms with Crippen LogP contribution in [0.4, 0.5) is 5.69 Å². The largest absolute Gasteiger partial charge is 0.508 e. The maximum Gasteiger partial charge on any atom is 0.231 e. The Hall–Kier alpha value is -2.73. The van der Waals surface area contributed by atoms with Crippen LogP contribution in [0.2, 0.25) is 0 Å². The van der Waals surface area contributed by atoms with E-state index in [9.17, 15) is 9.90 Å². The smallest absolute Gasteiger partial charge is 0.231 e. The highest BCUT2D eigenvalue weighted by Crippen LogP contribution is 2.35. The van der Waals surface area contributed by atoms with Gasteiger partial charge in [-0.05, 0) is 68.1 Å². The number of hydrogen-bond donors (Lipinski definition) is 2. The van der Waals surface area contributed by atoms with E-state index in [2.05, 4.69) is 30.1 Å². The number of anilines is 1. The molecule has 2 aromatic rings. The minimum Gasteiger partial charge on any atom is -0.508 e. The molecule has 6 nitrogen and oxygen atoms in total. The number of benzene rings is 2. The van der Waals surface area contributed by atoms with Crippen LogP contribution < -0.4 is 14.8 Å². The number of nitrogens with one attached hydrogen (secondary N) is 1. The van der Waals surface area contributed by atoms with E-state index < -0.39 is 0 Å². The summed E-state index contributed by atoms with van der Waals surface area (Å²) in [4.78, 5) is 15.0. The normalized spacial score (nSPS) is 16.8. The molecule has 4 rings (SSSR count). The van der Waals surface area contributed by atoms with E-state index in [1.54, 1.807) is 0 Å². The Morgan fingerprint density at radius 3 is 2.63 bits per heavy atom. The topological polar surface area (TPSA) is 71.0 Å². The highest BCUT2D eigenvalue weighted by molar-refractivity contribution is 5.93. The molecular formula is C24H30N2O4. The molecule has 0 spiro atoms. The number of rotatable bonds is 5. The number of phenols is 1. The van der Waals surface area contributed by atoms with Crippen molar-refractivity contribution in [1.29, 1.82) is 0 Å². The zero-order valence-corrected chi connectivity index (χ0v) is 17.9. The van der Waals surface area contributed by atoms with E-state index in [1.807, 2.05) is 31.2 Å². The Morgan fingerprint density at radius 2 is 1.90 bits per heavy atom. The summed E-state index contributed by atoms with van der Waals surface area (Å²) in [5.41, 5.74) is 4.11. The molecule has 0 aliphatic carbocycles. The van der Waals surface area contributed by atoms with Gasteiger partial charge in [0.2, 0.25) is 12.7 Å². The molecule has 1 fully saturated rings. The fourth-order valence-electron chi connectivity index (χ4n) is 4.32. The lowest BCUT2D eigenvalue weighted by molar-refractivity contribution is -0.121. The van der Waals surface area contributed by atoms with Crippen molar-refractivity contribution < 1.29 is 19.4 Å². The summed E-state index contributed by atoms with van der Waals surface area (Å²) < 4.78 is 10.7. The van der Waals surface area contributed by atoms with Crippen LogP contribution in [-0.2, 0) is 11.3 Å². The van der Waals surface area contributed by atoms with Crippen molar-refractivity contribution in [2.45, 2.75) is 46.1 Å². The molecule has 1 amide bonds. The molecule has 2 aliphatic rings. The van der Waals surface area contributed by atoms with E-state index in [-0.39, 0.29) is 18.6 Å². The number of ether oxygens (including phenoxy) is 2. The summed E-state index contributed by atoms with van der Waals surface area (Å²) >= 11 is 0. The van der Waals surface area contributed by atoms with Gasteiger partial charge >= 0.3 is 0 Å². The molecule has 160 valence electrons. The molecule has 30 heavy (non-hydrogen) atoms. The van der Waals surface area contributed by atoms with Gasteiger partial charge in [0.25, 0.3) is 0 Å². The van der Waals surface area contributed by atoms with E-state index in [0.29, 0.717) is 29.7 Å². The SMILES string of the molecule is Cc1cc(O)c(CN2CCC(C(=O)Nc3ccc4c(c3)OCO4)CC2)cc1C(C)C. The first-order chi connectivity index (χ1) is 14.4. The van der Waals surface area contributed by atoms with Gasteiger partial charge in [0.15, 0.2) is 11.5 Å². The first-order valence-electron chi connectivity index (χ1n) is 10.7. The zero-order valence-electron chi connectivity index (χ0n) is 17.9. The lowest BCUT2D eigenvalue weighted by Crippen LogP contribution is -2.37. The molecule has 2 aromatic carbocycles. The van der Waals surface area contributed by atoms with Crippen molar-refractivity contribution >= 4 is 11.6 Å². The summed E-state index contributed by atoms with van der Waals surface area (Å²) in [7, 11) is 0. The average Bonchev–Trinajstić information content (AvgIpc) is 3.18. The summed E-state index contributed by atoms with van der Waals surface area (Å²) in [5.74, 6) is 2.20. The average molecular weight is 411 g/mol. The zero-order chi connectivity index (χ0) is 21.3. The van der Waals surface area contributed by atoms with Crippen molar-refractivity contribution in [2.24, 2.45) is 5.92 Å². The quantitative estimate of drug-likeness (QED) is 0.764. The molecular weight excluding hydrogens is 380 g/mol. The standard InChI is InChI=1S/C24H30N2O4/c1-15(2)20-11-18(21(27)10-16(20)3)13-26-8-6-17(7-9-26)24(28)25-19-4-5-22-23(12-19)30-14-29-22/h4-5,10-12,15,17,27H,6-9,13-14H2,1-3H3,(H,25,28). The fraction of sp³-hybridized carbons (Fsp3) is 0.458. The van der Waals surface area contributed by atoms with E-state index in [0.717, 1.165) is 42.7 Å². The van der Waals surface area contributed by atoms with Crippen LogP contribution in [0.3, 0.4) is 0 Å². The van der Waals surface area contributed by atoms with Crippen molar-refractivity contribution in [2.75, 3.05) is 25.2 Å². The van der Waals surface area contributed by atoms with Gasteiger partial charge in [0.1, 0.15) is 5.75 Å². The summed E-state index contributed by atoms with van der Waals surface area (Å²) in [5, 5.41) is 13.4. The highest BCUT2D eigenvalue weighted by Gasteiger charge is 2.26. The lowest BCUT2D eigenvalue weighted by atomic mass is 9.93. The van der Waals surface area contributed by atoms with Gasteiger partial charge < -0.3 is 19.9 Å². The maximum atomic E-state index is 12.7. The van der Waals surface area contributed by atoms with Gasteiger partial charge in [-0.2, -0.15) is 0 Å². The number of piperidine rings is 1. The molecule has 2 N–H and O–H groups in total. The summed E-state index contributed by atoms with van der Waals surface area (Å²) in [6.45, 7) is 9.00. The Labute approximate surface area is 177 Å². The third-order valence-corrected chi connectivity index (χ3v) is 6.08. The minimum absolute atomic E-state index is 0.00971. The van der Waals surface area contributed by atoms with Crippen LogP contribution in [-0.4, -0.2) is 35.8 Å². The third kappa shape index (κ3) is 4.38. The van der Waals surface area contributed by atoms with E-state index >= 15 is 0 Å². The Kier molecular flexibility index (Phi) is 5.86. The molecule has 0 aromatic heterocycles. The fourth-order valence-corrected chi connectivity index (χ4v) is 4.32. The van der Waals surface area contributed by atoms with Crippen molar-refractivity contribution in [3.8, 4) is 17.2 Å². The Balaban J connectivity index is 1.33.